The number of rotatable bonds is 3. The third kappa shape index (κ3) is 3.32. The van der Waals surface area contributed by atoms with Gasteiger partial charge in [0.1, 0.15) is 30.8 Å². The summed E-state index contributed by atoms with van der Waals surface area (Å²) >= 11 is 0. The molecule has 0 saturated carbocycles. The minimum atomic E-state index is -2.58. The molecule has 0 aliphatic carbocycles. The molecule has 1 unspecified atom stereocenters. The highest BCUT2D eigenvalue weighted by molar-refractivity contribution is 7.01. The molecular weight excluding hydrogens is 485 g/mol. The van der Waals surface area contributed by atoms with E-state index >= 15 is 13.2 Å². The molecule has 0 amide bonds. The van der Waals surface area contributed by atoms with Crippen molar-refractivity contribution in [2.24, 2.45) is 0 Å². The maximum atomic E-state index is 16.3. The van der Waals surface area contributed by atoms with Gasteiger partial charge in [-0.2, -0.15) is 5.26 Å². The van der Waals surface area contributed by atoms with Gasteiger partial charge in [0.15, 0.2) is 17.7 Å². The number of aromatic carboxylic acids is 1. The van der Waals surface area contributed by atoms with E-state index in [1.165, 1.54) is 24.3 Å². The van der Waals surface area contributed by atoms with Gasteiger partial charge in [-0.15, -0.1) is 0 Å². The largest absolute Gasteiger partial charge is 0.508 e. The van der Waals surface area contributed by atoms with Crippen molar-refractivity contribution in [2.75, 3.05) is 0 Å². The number of carbonyl (C=O) groups is 1. The first-order valence-electron chi connectivity index (χ1n) is 10.7. The van der Waals surface area contributed by atoms with E-state index < -0.39 is 53.7 Å². The normalized spacial score (nSPS) is 15.2. The van der Waals surface area contributed by atoms with Crippen LogP contribution in [0.2, 0.25) is 13.1 Å². The lowest BCUT2D eigenvalue weighted by Crippen LogP contribution is -2.63. The number of aromatic hydroxyl groups is 1. The summed E-state index contributed by atoms with van der Waals surface area (Å²) < 4.78 is 46.7. The highest BCUT2D eigenvalue weighted by Crippen LogP contribution is 2.39. The van der Waals surface area contributed by atoms with Gasteiger partial charge in [-0.1, -0.05) is 43.9 Å². The fourth-order valence-corrected chi connectivity index (χ4v) is 7.92. The zero-order valence-corrected chi connectivity index (χ0v) is 20.5. The van der Waals surface area contributed by atoms with Crippen molar-refractivity contribution in [3.05, 3.63) is 98.0 Å². The Morgan fingerprint density at radius 3 is 2.36 bits per heavy atom. The summed E-state index contributed by atoms with van der Waals surface area (Å²) in [4.78, 5) is 15.2. The molecule has 0 bridgehead atoms. The Labute approximate surface area is 205 Å². The molecule has 0 radical (unpaired) electrons. The van der Waals surface area contributed by atoms with Crippen molar-refractivity contribution in [1.29, 1.82) is 5.26 Å². The highest BCUT2D eigenvalue weighted by Gasteiger charge is 2.46. The Kier molecular flexibility index (Phi) is 5.58. The first-order chi connectivity index (χ1) is 16.8. The van der Waals surface area contributed by atoms with Crippen molar-refractivity contribution < 1.29 is 28.2 Å². The number of nitriles is 1. The van der Waals surface area contributed by atoms with Crippen molar-refractivity contribution in [3.63, 3.8) is 0 Å². The molecule has 9 heteroatoms. The van der Waals surface area contributed by atoms with Crippen LogP contribution in [-0.4, -0.2) is 24.3 Å². The Balaban J connectivity index is 2.38. The van der Waals surface area contributed by atoms with Crippen LogP contribution in [0.5, 0.6) is 5.75 Å². The number of nitrogens with zero attached hydrogens (tertiary/aromatic N) is 2. The second-order valence-corrected chi connectivity index (χ2v) is 13.6. The Morgan fingerprint density at radius 2 is 1.78 bits per heavy atom. The van der Waals surface area contributed by atoms with Gasteiger partial charge in [0.2, 0.25) is 0 Å². The van der Waals surface area contributed by atoms with E-state index in [0.29, 0.717) is 21.2 Å². The predicted molar refractivity (Wildman–Crippen MR) is 131 cm³/mol. The van der Waals surface area contributed by atoms with E-state index in [4.69, 9.17) is 6.57 Å². The molecular formula is C27H19F3N2O3Si. The molecule has 0 aromatic heterocycles. The number of hydrogen-bond acceptors (Lipinski definition) is 3. The summed E-state index contributed by atoms with van der Waals surface area (Å²) in [5.41, 5.74) is -5.33. The Hall–Kier alpha value is -4.34. The molecule has 3 aromatic rings. The highest BCUT2D eigenvalue weighted by atomic mass is 28.3. The smallest absolute Gasteiger partial charge is 0.343 e. The van der Waals surface area contributed by atoms with Gasteiger partial charge in [0.25, 0.3) is 0 Å². The van der Waals surface area contributed by atoms with E-state index in [9.17, 15) is 20.3 Å². The van der Waals surface area contributed by atoms with Gasteiger partial charge in [0.05, 0.1) is 0 Å². The zero-order valence-electron chi connectivity index (χ0n) is 19.5. The third-order valence-electron chi connectivity index (χ3n) is 6.69. The number of fused-ring (bicyclic) bond motifs is 2. The lowest BCUT2D eigenvalue weighted by molar-refractivity contribution is 0.0689. The molecule has 3 aromatic carbocycles. The van der Waals surface area contributed by atoms with Crippen LogP contribution in [-0.2, 0) is 5.54 Å². The summed E-state index contributed by atoms with van der Waals surface area (Å²) in [7, 11) is -2.58. The van der Waals surface area contributed by atoms with Gasteiger partial charge in [-0.25, -0.2) is 24.5 Å². The summed E-state index contributed by atoms with van der Waals surface area (Å²) in [5, 5.41) is 32.0. The van der Waals surface area contributed by atoms with Crippen LogP contribution in [0, 0.1) is 35.4 Å². The number of halogens is 3. The number of hydrogen-bond donors (Lipinski definition) is 2. The Morgan fingerprint density at radius 1 is 1.11 bits per heavy atom. The summed E-state index contributed by atoms with van der Waals surface area (Å²) in [5.74, 6) is -7.27. The third-order valence-corrected chi connectivity index (χ3v) is 10.2. The number of carboxylic acids is 1. The summed E-state index contributed by atoms with van der Waals surface area (Å²) in [6.07, 6.45) is 0. The van der Waals surface area contributed by atoms with Gasteiger partial charge in [0, 0.05) is 12.5 Å². The fourth-order valence-electron chi connectivity index (χ4n) is 4.81. The van der Waals surface area contributed by atoms with E-state index in [2.05, 4.69) is 11.4 Å². The summed E-state index contributed by atoms with van der Waals surface area (Å²) in [6.45, 7) is 16.2. The number of carboxylic acid groups (broad SMARTS) is 1. The van der Waals surface area contributed by atoms with Gasteiger partial charge >= 0.3 is 11.5 Å². The number of phenolic OH excluding ortho intramolecular Hbond substituents is 1. The minimum Gasteiger partial charge on any atom is -0.508 e. The molecule has 2 N–H and O–H groups in total. The maximum absolute atomic E-state index is 16.3. The quantitative estimate of drug-likeness (QED) is 0.326. The molecule has 5 nitrogen and oxygen atoms in total. The predicted octanol–water partition coefficient (Wildman–Crippen LogP) is 2.96. The first-order valence-corrected chi connectivity index (χ1v) is 13.7. The van der Waals surface area contributed by atoms with E-state index in [-0.39, 0.29) is 11.3 Å². The standard InChI is InChI=1S/C27H19F3N2O3Si/c1-13-6-8-15-17(10-13)36(4,5)18-11-14(33)7-9-16(18)19(15)20-21(26(34)35)24(29)25(30)22(23(20)28)27(2,12-31)32-3/h6-11,33H,1H2,2,4-5H3,(H,34,35). The first kappa shape index (κ1) is 24.8. The fraction of sp³-hybridized carbons (Fsp3) is 0.148. The van der Waals surface area contributed by atoms with E-state index in [0.717, 1.165) is 12.1 Å². The molecule has 1 heterocycles. The average molecular weight is 505 g/mol. The molecule has 0 fully saturated rings. The van der Waals surface area contributed by atoms with Gasteiger partial charge in [-0.3, -0.25) is 4.85 Å². The molecule has 1 atom stereocenters. The molecule has 1 aliphatic heterocycles. The molecule has 0 saturated heterocycles. The molecule has 0 spiro atoms. The van der Waals surface area contributed by atoms with Crippen molar-refractivity contribution in [3.8, 4) is 11.8 Å². The van der Waals surface area contributed by atoms with Gasteiger partial charge < -0.3 is 10.2 Å². The van der Waals surface area contributed by atoms with Crippen molar-refractivity contribution >= 4 is 36.6 Å². The molecule has 180 valence electrons. The van der Waals surface area contributed by atoms with Crippen LogP contribution >= 0.6 is 0 Å². The maximum Gasteiger partial charge on any atom is 0.343 e. The van der Waals surface area contributed by atoms with Crippen molar-refractivity contribution in [1.82, 2.24) is 0 Å². The second-order valence-electron chi connectivity index (χ2n) is 9.28. The summed E-state index contributed by atoms with van der Waals surface area (Å²) in [6, 6.07) is 10.8. The monoisotopic (exact) mass is 504 g/mol. The average Bonchev–Trinajstić information content (AvgIpc) is 2.82. The van der Waals surface area contributed by atoms with Crippen LogP contribution in [0.25, 0.3) is 17.0 Å². The van der Waals surface area contributed by atoms with Crippen LogP contribution in [0.4, 0.5) is 13.2 Å². The zero-order chi connectivity index (χ0) is 26.7. The van der Waals surface area contributed by atoms with Crippen LogP contribution < -0.4 is 20.8 Å². The SMILES string of the molecule is [C-]#[N+]C(C)(C#N)c1c(F)c(F)c(C(=O)O)c(C2=c3ccc(=C)cc3[Si](C)(C)c3cc(O)ccc32)c1F. The Bertz CT molecular complexity index is 1690. The van der Waals surface area contributed by atoms with Gasteiger partial charge in [-0.05, 0) is 44.1 Å². The number of phenols is 1. The number of benzene rings is 3. The topological polar surface area (TPSA) is 85.7 Å². The van der Waals surface area contributed by atoms with E-state index in [1.807, 2.05) is 13.1 Å². The van der Waals surface area contributed by atoms with Crippen LogP contribution in [0.15, 0.2) is 36.4 Å². The van der Waals surface area contributed by atoms with Crippen LogP contribution in [0.3, 0.4) is 0 Å². The lowest BCUT2D eigenvalue weighted by atomic mass is 9.84. The molecule has 36 heavy (non-hydrogen) atoms. The van der Waals surface area contributed by atoms with E-state index in [1.54, 1.807) is 18.2 Å². The van der Waals surface area contributed by atoms with Crippen LogP contribution in [0.1, 0.15) is 34.0 Å². The molecule has 1 aliphatic rings. The molecule has 4 rings (SSSR count). The minimum absolute atomic E-state index is 0.0351. The lowest BCUT2D eigenvalue weighted by Gasteiger charge is -2.33. The van der Waals surface area contributed by atoms with Crippen molar-refractivity contribution in [2.45, 2.75) is 25.6 Å². The second kappa shape index (κ2) is 8.11.